The van der Waals surface area contributed by atoms with Crippen LogP contribution in [0.4, 0.5) is 8.78 Å². The number of benzene rings is 2. The first kappa shape index (κ1) is 28.9. The maximum absolute atomic E-state index is 14.6. The van der Waals surface area contributed by atoms with Crippen molar-refractivity contribution in [3.05, 3.63) is 95.4 Å². The van der Waals surface area contributed by atoms with E-state index in [2.05, 4.69) is 15.4 Å². The van der Waals surface area contributed by atoms with Crippen molar-refractivity contribution in [3.63, 3.8) is 0 Å². The third-order valence-corrected chi connectivity index (χ3v) is 8.68. The fourth-order valence-corrected chi connectivity index (χ4v) is 6.26. The number of halogens is 2. The fraction of sp³-hybridized carbons (Fsp3) is 0.364. The van der Waals surface area contributed by atoms with Crippen LogP contribution in [0.1, 0.15) is 60.1 Å². The molecule has 10 heteroatoms. The Balaban J connectivity index is 1.22. The number of amides is 1. The molecule has 0 spiro atoms. The maximum Gasteiger partial charge on any atom is 0.302 e. The number of piperidine rings is 1. The molecule has 4 aromatic rings. The summed E-state index contributed by atoms with van der Waals surface area (Å²) >= 11 is 0. The molecule has 2 aromatic carbocycles. The first-order valence-electron chi connectivity index (χ1n) is 14.7. The second-order valence-corrected chi connectivity index (χ2v) is 11.7. The third-order valence-electron chi connectivity index (χ3n) is 8.68. The van der Waals surface area contributed by atoms with Gasteiger partial charge in [-0.1, -0.05) is 24.3 Å². The molecule has 6 rings (SSSR count). The van der Waals surface area contributed by atoms with Crippen molar-refractivity contribution in [1.82, 2.24) is 19.9 Å². The summed E-state index contributed by atoms with van der Waals surface area (Å²) in [6.45, 7) is 2.00. The van der Waals surface area contributed by atoms with Crippen LogP contribution in [0.5, 0.6) is 5.75 Å². The number of rotatable bonds is 9. The number of Topliss-reactive ketones (excluding diaryl/α,β-unsaturated/α-hetero) is 1. The van der Waals surface area contributed by atoms with E-state index < -0.39 is 23.1 Å². The number of aromatic nitrogens is 2. The molecular weight excluding hydrogens is 554 g/mol. The van der Waals surface area contributed by atoms with E-state index in [4.69, 9.17) is 4.84 Å². The lowest BCUT2D eigenvalue weighted by molar-refractivity contribution is -0.123. The summed E-state index contributed by atoms with van der Waals surface area (Å²) in [6.07, 6.45) is 7.54. The van der Waals surface area contributed by atoms with E-state index in [-0.39, 0.29) is 23.9 Å². The summed E-state index contributed by atoms with van der Waals surface area (Å²) in [5.74, 6) is -1.09. The molecule has 0 radical (unpaired) electrons. The number of carbonyl (C=O) groups excluding carboxylic acids is 2. The zero-order valence-electron chi connectivity index (χ0n) is 23.8. The highest BCUT2D eigenvalue weighted by Gasteiger charge is 2.38. The van der Waals surface area contributed by atoms with E-state index in [0.717, 1.165) is 29.9 Å². The van der Waals surface area contributed by atoms with E-state index in [0.29, 0.717) is 62.1 Å². The van der Waals surface area contributed by atoms with Gasteiger partial charge in [0.1, 0.15) is 23.1 Å². The van der Waals surface area contributed by atoms with Crippen molar-refractivity contribution >= 4 is 22.6 Å². The standard InChI is InChI=1S/C33H34F2N4O4/c34-25-10-9-23(28(35)15-25)20-39-21-24(19-38-13-11-33(42,12-14-38)17-22-5-4-8-31(22)40)27-16-29(36-18-30(27)39)32(41)37-43-26-6-2-1-3-7-26/h1-3,6-7,9-10,15-16,18,21-22,42H,4-5,8,11-14,17,19-20H2,(H,37,41). The summed E-state index contributed by atoms with van der Waals surface area (Å²) in [6, 6.07) is 14.1. The van der Waals surface area contributed by atoms with E-state index in [1.165, 1.54) is 12.1 Å². The number of ketones is 1. The highest BCUT2D eigenvalue weighted by atomic mass is 19.1. The van der Waals surface area contributed by atoms with Crippen LogP contribution in [-0.4, -0.2) is 49.9 Å². The Morgan fingerprint density at radius 3 is 2.58 bits per heavy atom. The normalized spacial score (nSPS) is 18.7. The van der Waals surface area contributed by atoms with Gasteiger partial charge < -0.3 is 14.5 Å². The quantitative estimate of drug-likeness (QED) is 0.262. The van der Waals surface area contributed by atoms with Gasteiger partial charge in [0.15, 0.2) is 5.75 Å². The molecule has 2 aliphatic rings. The molecule has 2 fully saturated rings. The molecule has 1 aliphatic heterocycles. The van der Waals surface area contributed by atoms with Crippen molar-refractivity contribution < 1.29 is 28.3 Å². The third kappa shape index (κ3) is 6.60. The van der Waals surface area contributed by atoms with Crippen LogP contribution < -0.4 is 10.3 Å². The predicted octanol–water partition coefficient (Wildman–Crippen LogP) is 5.17. The molecule has 2 N–H and O–H groups in total. The summed E-state index contributed by atoms with van der Waals surface area (Å²) in [5.41, 5.74) is 3.68. The zero-order valence-corrected chi connectivity index (χ0v) is 23.8. The number of nitrogens with zero attached hydrogens (tertiary/aromatic N) is 3. The largest absolute Gasteiger partial charge is 0.390 e. The van der Waals surface area contributed by atoms with E-state index in [1.807, 2.05) is 16.8 Å². The molecule has 3 heterocycles. The Morgan fingerprint density at radius 2 is 1.86 bits per heavy atom. The topological polar surface area (TPSA) is 96.7 Å². The maximum atomic E-state index is 14.6. The number of hydrogen-bond acceptors (Lipinski definition) is 6. The molecule has 1 atom stereocenters. The number of likely N-dealkylation sites (tertiary alicyclic amines) is 1. The van der Waals surface area contributed by atoms with Gasteiger partial charge in [-0.05, 0) is 61.9 Å². The van der Waals surface area contributed by atoms with Crippen molar-refractivity contribution in [2.24, 2.45) is 5.92 Å². The number of fused-ring (bicyclic) bond motifs is 1. The van der Waals surface area contributed by atoms with Gasteiger partial charge in [-0.3, -0.25) is 14.5 Å². The van der Waals surface area contributed by atoms with Gasteiger partial charge >= 0.3 is 5.91 Å². The second-order valence-electron chi connectivity index (χ2n) is 11.7. The van der Waals surface area contributed by atoms with Crippen LogP contribution >= 0.6 is 0 Å². The molecule has 2 aromatic heterocycles. The minimum absolute atomic E-state index is 0.0377. The average Bonchev–Trinajstić information content (AvgIpc) is 3.56. The molecular formula is C33H34F2N4O4. The highest BCUT2D eigenvalue weighted by Crippen LogP contribution is 2.35. The lowest BCUT2D eigenvalue weighted by atomic mass is 9.82. The average molecular weight is 589 g/mol. The molecule has 8 nitrogen and oxygen atoms in total. The van der Waals surface area contributed by atoms with Crippen LogP contribution in [0.15, 0.2) is 67.0 Å². The number of aliphatic hydroxyl groups is 1. The Labute approximate surface area is 248 Å². The van der Waals surface area contributed by atoms with Gasteiger partial charge in [0.25, 0.3) is 0 Å². The fourth-order valence-electron chi connectivity index (χ4n) is 6.26. The Hall–Kier alpha value is -4.15. The van der Waals surface area contributed by atoms with Gasteiger partial charge in [0, 0.05) is 55.2 Å². The Bertz CT molecular complexity index is 1630. The van der Waals surface area contributed by atoms with Crippen molar-refractivity contribution in [2.45, 2.75) is 57.2 Å². The van der Waals surface area contributed by atoms with Crippen LogP contribution in [-0.2, 0) is 17.9 Å². The number of para-hydroxylation sites is 1. The highest BCUT2D eigenvalue weighted by molar-refractivity contribution is 5.96. The number of pyridine rings is 1. The SMILES string of the molecule is O=C(NOc1ccccc1)c1cc2c(CN3CCC(O)(CC4CCCC4=O)CC3)cn(Cc3ccc(F)cc3F)c2cn1. The number of hydroxylamine groups is 1. The van der Waals surface area contributed by atoms with Gasteiger partial charge in [-0.15, -0.1) is 0 Å². The Morgan fingerprint density at radius 1 is 1.07 bits per heavy atom. The van der Waals surface area contributed by atoms with Crippen molar-refractivity contribution in [1.29, 1.82) is 0 Å². The lowest BCUT2D eigenvalue weighted by Crippen LogP contribution is -2.45. The number of hydrogen-bond donors (Lipinski definition) is 2. The smallest absolute Gasteiger partial charge is 0.302 e. The minimum Gasteiger partial charge on any atom is -0.390 e. The van der Waals surface area contributed by atoms with Gasteiger partial charge in [0.05, 0.1) is 23.9 Å². The molecule has 1 unspecified atom stereocenters. The van der Waals surface area contributed by atoms with E-state index >= 15 is 0 Å². The van der Waals surface area contributed by atoms with E-state index in [9.17, 15) is 23.5 Å². The summed E-state index contributed by atoms with van der Waals surface area (Å²) < 4.78 is 30.0. The number of nitrogens with one attached hydrogen (secondary N) is 1. The molecule has 0 bridgehead atoms. The molecule has 43 heavy (non-hydrogen) atoms. The van der Waals surface area contributed by atoms with Crippen molar-refractivity contribution in [2.75, 3.05) is 13.1 Å². The molecule has 1 saturated heterocycles. The summed E-state index contributed by atoms with van der Waals surface area (Å²) in [5, 5.41) is 12.0. The van der Waals surface area contributed by atoms with Gasteiger partial charge in [0.2, 0.25) is 0 Å². The first-order valence-corrected chi connectivity index (χ1v) is 14.7. The first-order chi connectivity index (χ1) is 20.8. The molecule has 224 valence electrons. The summed E-state index contributed by atoms with van der Waals surface area (Å²) in [7, 11) is 0. The zero-order chi connectivity index (χ0) is 30.0. The van der Waals surface area contributed by atoms with Crippen molar-refractivity contribution in [3.8, 4) is 5.75 Å². The van der Waals surface area contributed by atoms with Gasteiger partial charge in [-0.25, -0.2) is 13.8 Å². The predicted molar refractivity (Wildman–Crippen MR) is 156 cm³/mol. The van der Waals surface area contributed by atoms with Crippen LogP contribution in [0, 0.1) is 17.6 Å². The molecule has 1 aliphatic carbocycles. The summed E-state index contributed by atoms with van der Waals surface area (Å²) in [4.78, 5) is 37.1. The second kappa shape index (κ2) is 12.2. The van der Waals surface area contributed by atoms with Crippen LogP contribution in [0.25, 0.3) is 10.9 Å². The van der Waals surface area contributed by atoms with Crippen LogP contribution in [0.2, 0.25) is 0 Å². The van der Waals surface area contributed by atoms with E-state index in [1.54, 1.807) is 36.5 Å². The van der Waals surface area contributed by atoms with Gasteiger partial charge in [-0.2, -0.15) is 5.48 Å². The lowest BCUT2D eigenvalue weighted by Gasteiger charge is -2.39. The monoisotopic (exact) mass is 588 g/mol. The minimum atomic E-state index is -0.844. The molecule has 1 amide bonds. The Kier molecular flexibility index (Phi) is 8.23. The molecule has 1 saturated carbocycles. The number of carbonyl (C=O) groups is 2. The van der Waals surface area contributed by atoms with Crippen LogP contribution in [0.3, 0.4) is 0 Å².